The van der Waals surface area contributed by atoms with Crippen molar-refractivity contribution < 1.29 is 4.39 Å². The summed E-state index contributed by atoms with van der Waals surface area (Å²) in [5, 5.41) is 0. The Kier molecular flexibility index (Phi) is 4.00. The molecule has 1 atom stereocenters. The summed E-state index contributed by atoms with van der Waals surface area (Å²) in [4.78, 5) is 2.05. The van der Waals surface area contributed by atoms with Crippen LogP contribution in [0.1, 0.15) is 25.7 Å². The van der Waals surface area contributed by atoms with Crippen LogP contribution in [0.25, 0.3) is 0 Å². The zero-order chi connectivity index (χ0) is 12.3. The Hall–Kier alpha value is -1.09. The summed E-state index contributed by atoms with van der Waals surface area (Å²) in [6, 6.07) is 6.88. The average molecular weight is 236 g/mol. The maximum atomic E-state index is 13.1. The molecule has 1 saturated carbocycles. The largest absolute Gasteiger partial charge is 0.373 e. The fourth-order valence-electron chi connectivity index (χ4n) is 2.67. The van der Waals surface area contributed by atoms with Gasteiger partial charge in [-0.2, -0.15) is 0 Å². The maximum Gasteiger partial charge on any atom is 0.125 e. The molecule has 2 N–H and O–H groups in total. The van der Waals surface area contributed by atoms with Gasteiger partial charge in [0, 0.05) is 25.3 Å². The molecular formula is C14H21FN2. The van der Waals surface area contributed by atoms with Crippen molar-refractivity contribution in [1.29, 1.82) is 0 Å². The molecule has 1 aliphatic rings. The Balaban J connectivity index is 1.93. The molecule has 0 heterocycles. The van der Waals surface area contributed by atoms with Crippen LogP contribution in [-0.4, -0.2) is 19.6 Å². The van der Waals surface area contributed by atoms with Crippen LogP contribution in [0.15, 0.2) is 24.3 Å². The van der Waals surface area contributed by atoms with Gasteiger partial charge in [-0.05, 0) is 37.0 Å². The molecule has 17 heavy (non-hydrogen) atoms. The number of likely N-dealkylation sites (N-methyl/N-ethyl adjacent to an activating group) is 1. The molecule has 0 spiro atoms. The first-order valence-electron chi connectivity index (χ1n) is 6.39. The van der Waals surface area contributed by atoms with Crippen molar-refractivity contribution in [3.63, 3.8) is 0 Å². The highest BCUT2D eigenvalue weighted by molar-refractivity contribution is 5.45. The van der Waals surface area contributed by atoms with Crippen molar-refractivity contribution >= 4 is 5.69 Å². The number of rotatable bonds is 4. The first kappa shape index (κ1) is 12.4. The first-order valence-corrected chi connectivity index (χ1v) is 6.39. The van der Waals surface area contributed by atoms with Crippen LogP contribution in [0, 0.1) is 11.7 Å². The van der Waals surface area contributed by atoms with E-state index in [-0.39, 0.29) is 11.9 Å². The van der Waals surface area contributed by atoms with Crippen LogP contribution < -0.4 is 10.6 Å². The number of benzene rings is 1. The topological polar surface area (TPSA) is 29.3 Å². The van der Waals surface area contributed by atoms with Gasteiger partial charge in [0.2, 0.25) is 0 Å². The van der Waals surface area contributed by atoms with Crippen molar-refractivity contribution in [1.82, 2.24) is 0 Å². The fourth-order valence-corrected chi connectivity index (χ4v) is 2.67. The molecule has 0 saturated heterocycles. The number of halogens is 1. The molecule has 2 rings (SSSR count). The molecule has 1 fully saturated rings. The van der Waals surface area contributed by atoms with E-state index in [2.05, 4.69) is 0 Å². The number of hydrogen-bond donors (Lipinski definition) is 1. The van der Waals surface area contributed by atoms with Gasteiger partial charge >= 0.3 is 0 Å². The highest BCUT2D eigenvalue weighted by Crippen LogP contribution is 2.27. The SMILES string of the molecule is CN(CC(N)C1CCCC1)c1cccc(F)c1. The molecular weight excluding hydrogens is 215 g/mol. The lowest BCUT2D eigenvalue weighted by atomic mass is 9.98. The van der Waals surface area contributed by atoms with Crippen molar-refractivity contribution in [2.75, 3.05) is 18.5 Å². The lowest BCUT2D eigenvalue weighted by molar-refractivity contribution is 0.433. The van der Waals surface area contributed by atoms with E-state index in [1.165, 1.54) is 31.7 Å². The van der Waals surface area contributed by atoms with E-state index >= 15 is 0 Å². The third-order valence-corrected chi connectivity index (χ3v) is 3.74. The lowest BCUT2D eigenvalue weighted by Crippen LogP contribution is -2.40. The molecule has 3 heteroatoms. The Morgan fingerprint density at radius 3 is 2.76 bits per heavy atom. The second-order valence-electron chi connectivity index (χ2n) is 5.07. The van der Waals surface area contributed by atoms with Crippen LogP contribution in [0.5, 0.6) is 0 Å². The second-order valence-corrected chi connectivity index (χ2v) is 5.07. The quantitative estimate of drug-likeness (QED) is 0.871. The molecule has 0 amide bonds. The summed E-state index contributed by atoms with van der Waals surface area (Å²) in [5.41, 5.74) is 7.12. The van der Waals surface area contributed by atoms with Gasteiger partial charge in [-0.25, -0.2) is 4.39 Å². The van der Waals surface area contributed by atoms with E-state index < -0.39 is 0 Å². The standard InChI is InChI=1S/C14H21FN2/c1-17(13-8-4-7-12(15)9-13)10-14(16)11-5-2-3-6-11/h4,7-9,11,14H,2-3,5-6,10,16H2,1H3. The van der Waals surface area contributed by atoms with Crippen LogP contribution in [0.2, 0.25) is 0 Å². The number of nitrogens with two attached hydrogens (primary N) is 1. The summed E-state index contributed by atoms with van der Waals surface area (Å²) in [6.45, 7) is 0.800. The summed E-state index contributed by atoms with van der Waals surface area (Å²) in [6.07, 6.45) is 5.11. The smallest absolute Gasteiger partial charge is 0.125 e. The van der Waals surface area contributed by atoms with E-state index in [9.17, 15) is 4.39 Å². The Labute approximate surface area is 103 Å². The molecule has 2 nitrogen and oxygen atoms in total. The second kappa shape index (κ2) is 5.50. The Bertz CT molecular complexity index is 361. The molecule has 1 aromatic rings. The molecule has 1 aromatic carbocycles. The van der Waals surface area contributed by atoms with Gasteiger partial charge in [0.1, 0.15) is 5.82 Å². The summed E-state index contributed by atoms with van der Waals surface area (Å²) < 4.78 is 13.1. The van der Waals surface area contributed by atoms with Crippen molar-refractivity contribution in [2.45, 2.75) is 31.7 Å². The fraction of sp³-hybridized carbons (Fsp3) is 0.571. The molecule has 0 aliphatic heterocycles. The van der Waals surface area contributed by atoms with Gasteiger partial charge in [0.15, 0.2) is 0 Å². The zero-order valence-electron chi connectivity index (χ0n) is 10.4. The minimum Gasteiger partial charge on any atom is -0.373 e. The predicted octanol–water partition coefficient (Wildman–Crippen LogP) is 2.78. The van der Waals surface area contributed by atoms with E-state index in [4.69, 9.17) is 5.73 Å². The maximum absolute atomic E-state index is 13.1. The molecule has 1 unspecified atom stereocenters. The van der Waals surface area contributed by atoms with Gasteiger partial charge in [-0.1, -0.05) is 18.9 Å². The van der Waals surface area contributed by atoms with E-state index in [0.29, 0.717) is 5.92 Å². The van der Waals surface area contributed by atoms with Crippen LogP contribution in [-0.2, 0) is 0 Å². The normalized spacial score (nSPS) is 18.3. The molecule has 94 valence electrons. The number of nitrogens with zero attached hydrogens (tertiary/aromatic N) is 1. The lowest BCUT2D eigenvalue weighted by Gasteiger charge is -2.27. The van der Waals surface area contributed by atoms with Gasteiger partial charge in [-0.15, -0.1) is 0 Å². The third-order valence-electron chi connectivity index (χ3n) is 3.74. The van der Waals surface area contributed by atoms with E-state index in [0.717, 1.165) is 12.2 Å². The Morgan fingerprint density at radius 1 is 1.41 bits per heavy atom. The monoisotopic (exact) mass is 236 g/mol. The van der Waals surface area contributed by atoms with E-state index in [1.807, 2.05) is 18.0 Å². The van der Waals surface area contributed by atoms with Gasteiger partial charge in [0.25, 0.3) is 0 Å². The van der Waals surface area contributed by atoms with Crippen molar-refractivity contribution in [3.8, 4) is 0 Å². The number of anilines is 1. The van der Waals surface area contributed by atoms with Gasteiger partial charge in [-0.3, -0.25) is 0 Å². The van der Waals surface area contributed by atoms with Crippen molar-refractivity contribution in [3.05, 3.63) is 30.1 Å². The molecule has 0 bridgehead atoms. The highest BCUT2D eigenvalue weighted by atomic mass is 19.1. The molecule has 0 radical (unpaired) electrons. The Morgan fingerprint density at radius 2 is 2.12 bits per heavy atom. The third kappa shape index (κ3) is 3.19. The van der Waals surface area contributed by atoms with Gasteiger partial charge in [0.05, 0.1) is 0 Å². The first-order chi connectivity index (χ1) is 8.16. The average Bonchev–Trinajstić information content (AvgIpc) is 2.82. The van der Waals surface area contributed by atoms with E-state index in [1.54, 1.807) is 12.1 Å². The van der Waals surface area contributed by atoms with Crippen LogP contribution in [0.3, 0.4) is 0 Å². The van der Waals surface area contributed by atoms with Crippen LogP contribution >= 0.6 is 0 Å². The summed E-state index contributed by atoms with van der Waals surface area (Å²) in [7, 11) is 1.98. The van der Waals surface area contributed by atoms with Crippen molar-refractivity contribution in [2.24, 2.45) is 11.7 Å². The summed E-state index contributed by atoms with van der Waals surface area (Å²) >= 11 is 0. The molecule has 1 aliphatic carbocycles. The van der Waals surface area contributed by atoms with Gasteiger partial charge < -0.3 is 10.6 Å². The summed E-state index contributed by atoms with van der Waals surface area (Å²) in [5.74, 6) is 0.454. The predicted molar refractivity (Wildman–Crippen MR) is 69.6 cm³/mol. The minimum atomic E-state index is -0.191. The minimum absolute atomic E-state index is 0.191. The highest BCUT2D eigenvalue weighted by Gasteiger charge is 2.22. The zero-order valence-corrected chi connectivity index (χ0v) is 10.4. The number of hydrogen-bond acceptors (Lipinski definition) is 2. The van der Waals surface area contributed by atoms with Crippen LogP contribution in [0.4, 0.5) is 10.1 Å². The molecule has 0 aromatic heterocycles.